The lowest BCUT2D eigenvalue weighted by atomic mass is 10.0. The standard InChI is InChI=1S/C29H29FN6O2/c1-19-8-11-21-16-25(29(37)31-26(21)15-19)27(28-32-33-34-36(28)23-5-2-3-6-23)35(18-24-7-4-14-38-24)17-20-9-12-22(30)13-10-20/h4,7-16,23,27H,2-3,5-6,17-18H2,1H3,(H,31,37)/p+1. The number of hydrogen-bond acceptors (Lipinski definition) is 5. The Labute approximate surface area is 219 Å². The number of pyridine rings is 1. The van der Waals surface area contributed by atoms with Crippen molar-refractivity contribution < 1.29 is 13.7 Å². The Balaban J connectivity index is 1.52. The monoisotopic (exact) mass is 513 g/mol. The number of quaternary nitrogens is 1. The Kier molecular flexibility index (Phi) is 6.59. The Morgan fingerprint density at radius 2 is 1.92 bits per heavy atom. The highest BCUT2D eigenvalue weighted by Crippen LogP contribution is 2.31. The van der Waals surface area contributed by atoms with E-state index in [1.165, 1.54) is 12.1 Å². The van der Waals surface area contributed by atoms with Crippen molar-refractivity contribution in [1.29, 1.82) is 0 Å². The van der Waals surface area contributed by atoms with Crippen LogP contribution in [0.1, 0.15) is 66.0 Å². The van der Waals surface area contributed by atoms with Crippen LogP contribution in [0.4, 0.5) is 4.39 Å². The third kappa shape index (κ3) is 4.89. The maximum Gasteiger partial charge on any atom is 0.258 e. The van der Waals surface area contributed by atoms with Crippen LogP contribution in [0, 0.1) is 12.7 Å². The fraction of sp³-hybridized carbons (Fsp3) is 0.310. The number of furan rings is 1. The van der Waals surface area contributed by atoms with Crippen molar-refractivity contribution in [2.75, 3.05) is 0 Å². The van der Waals surface area contributed by atoms with E-state index in [0.717, 1.165) is 58.4 Å². The summed E-state index contributed by atoms with van der Waals surface area (Å²) in [6.07, 6.45) is 5.91. The normalized spacial score (nSPS) is 15.7. The molecule has 2 unspecified atom stereocenters. The average Bonchev–Trinajstić information content (AvgIpc) is 3.69. The number of H-pyrrole nitrogens is 1. The predicted molar refractivity (Wildman–Crippen MR) is 140 cm³/mol. The number of benzene rings is 2. The van der Waals surface area contributed by atoms with Crippen LogP contribution in [0.5, 0.6) is 0 Å². The molecule has 0 amide bonds. The predicted octanol–water partition coefficient (Wildman–Crippen LogP) is 4.04. The van der Waals surface area contributed by atoms with Gasteiger partial charge in [-0.15, -0.1) is 5.10 Å². The van der Waals surface area contributed by atoms with Crippen LogP contribution in [0.3, 0.4) is 0 Å². The first-order valence-electron chi connectivity index (χ1n) is 13.1. The number of halogens is 1. The lowest BCUT2D eigenvalue weighted by molar-refractivity contribution is -0.954. The molecule has 0 aliphatic heterocycles. The quantitative estimate of drug-likeness (QED) is 0.327. The van der Waals surface area contributed by atoms with Crippen molar-refractivity contribution in [1.82, 2.24) is 25.2 Å². The molecule has 0 saturated heterocycles. The lowest BCUT2D eigenvalue weighted by Crippen LogP contribution is -3.10. The molecule has 8 nitrogen and oxygen atoms in total. The molecule has 3 aromatic heterocycles. The molecule has 2 atom stereocenters. The maximum absolute atomic E-state index is 13.7. The van der Waals surface area contributed by atoms with Gasteiger partial charge in [0.1, 0.15) is 18.9 Å². The Morgan fingerprint density at radius 1 is 1.11 bits per heavy atom. The Bertz CT molecular complexity index is 1590. The van der Waals surface area contributed by atoms with Gasteiger partial charge in [0.25, 0.3) is 5.56 Å². The number of nitrogens with zero attached hydrogens (tertiary/aromatic N) is 4. The molecule has 0 radical (unpaired) electrons. The molecular formula is C29H30FN6O2+. The summed E-state index contributed by atoms with van der Waals surface area (Å²) >= 11 is 0. The molecule has 2 aromatic carbocycles. The fourth-order valence-electron chi connectivity index (χ4n) is 5.66. The molecule has 38 heavy (non-hydrogen) atoms. The highest BCUT2D eigenvalue weighted by molar-refractivity contribution is 5.79. The van der Waals surface area contributed by atoms with Crippen LogP contribution in [0.25, 0.3) is 10.9 Å². The summed E-state index contributed by atoms with van der Waals surface area (Å²) in [6, 6.07) is 18.0. The summed E-state index contributed by atoms with van der Waals surface area (Å²) in [6.45, 7) is 2.99. The van der Waals surface area contributed by atoms with Gasteiger partial charge < -0.3 is 14.3 Å². The second-order valence-electron chi connectivity index (χ2n) is 10.2. The summed E-state index contributed by atoms with van der Waals surface area (Å²) in [4.78, 5) is 17.8. The van der Waals surface area contributed by atoms with Crippen LogP contribution >= 0.6 is 0 Å². The number of aryl methyl sites for hydroxylation is 1. The Morgan fingerprint density at radius 3 is 2.68 bits per heavy atom. The minimum Gasteiger partial charge on any atom is -0.463 e. The van der Waals surface area contributed by atoms with Crippen molar-refractivity contribution in [2.45, 2.75) is 57.8 Å². The molecular weight excluding hydrogens is 483 g/mol. The molecule has 2 N–H and O–H groups in total. The highest BCUT2D eigenvalue weighted by Gasteiger charge is 2.37. The molecule has 1 fully saturated rings. The van der Waals surface area contributed by atoms with Crippen LogP contribution in [0.2, 0.25) is 0 Å². The zero-order valence-corrected chi connectivity index (χ0v) is 21.2. The number of aromatic nitrogens is 5. The number of fused-ring (bicyclic) bond motifs is 1. The topological polar surface area (TPSA) is 94.0 Å². The molecule has 1 aliphatic rings. The highest BCUT2D eigenvalue weighted by atomic mass is 19.1. The van der Waals surface area contributed by atoms with E-state index in [1.54, 1.807) is 18.4 Å². The smallest absolute Gasteiger partial charge is 0.258 e. The minimum atomic E-state index is -0.491. The van der Waals surface area contributed by atoms with Crippen molar-refractivity contribution in [3.8, 4) is 0 Å². The van der Waals surface area contributed by atoms with E-state index in [4.69, 9.17) is 4.42 Å². The molecule has 5 aromatic rings. The van der Waals surface area contributed by atoms with Gasteiger partial charge in [-0.25, -0.2) is 9.07 Å². The first kappa shape index (κ1) is 24.2. The van der Waals surface area contributed by atoms with Gasteiger partial charge >= 0.3 is 0 Å². The Hall–Kier alpha value is -4.11. The van der Waals surface area contributed by atoms with Gasteiger partial charge in [0.15, 0.2) is 11.8 Å². The molecule has 0 bridgehead atoms. The van der Waals surface area contributed by atoms with E-state index < -0.39 is 6.04 Å². The van der Waals surface area contributed by atoms with E-state index in [9.17, 15) is 9.18 Å². The number of aromatic amines is 1. The molecule has 9 heteroatoms. The lowest BCUT2D eigenvalue weighted by Gasteiger charge is -2.28. The maximum atomic E-state index is 13.7. The second kappa shape index (κ2) is 10.3. The van der Waals surface area contributed by atoms with Crippen LogP contribution in [0.15, 0.2) is 76.1 Å². The number of tetrazole rings is 1. The molecule has 0 spiro atoms. The van der Waals surface area contributed by atoms with Crippen molar-refractivity contribution in [3.63, 3.8) is 0 Å². The summed E-state index contributed by atoms with van der Waals surface area (Å²) < 4.78 is 21.4. The van der Waals surface area contributed by atoms with Gasteiger partial charge in [-0.05, 0) is 77.5 Å². The first-order chi connectivity index (χ1) is 18.5. The zero-order valence-electron chi connectivity index (χ0n) is 21.2. The van der Waals surface area contributed by atoms with E-state index >= 15 is 0 Å². The molecule has 3 heterocycles. The summed E-state index contributed by atoms with van der Waals surface area (Å²) in [5.74, 6) is 1.14. The van der Waals surface area contributed by atoms with Gasteiger partial charge in [0.05, 0.1) is 17.9 Å². The van der Waals surface area contributed by atoms with Crippen molar-refractivity contribution in [2.24, 2.45) is 0 Å². The van der Waals surface area contributed by atoms with E-state index in [2.05, 4.69) is 20.5 Å². The average molecular weight is 514 g/mol. The largest absolute Gasteiger partial charge is 0.463 e. The molecule has 1 saturated carbocycles. The summed E-state index contributed by atoms with van der Waals surface area (Å²) in [5.41, 5.74) is 3.21. The number of rotatable bonds is 8. The van der Waals surface area contributed by atoms with Gasteiger partial charge in [-0.2, -0.15) is 0 Å². The SMILES string of the molecule is Cc1ccc2cc(C(c3nnnn3C3CCCC3)[NH+](Cc3ccc(F)cc3)Cc3ccco3)c(=O)[nH]c2c1. The molecule has 1 aliphatic carbocycles. The molecule has 6 rings (SSSR count). The van der Waals surface area contributed by atoms with Crippen LogP contribution < -0.4 is 10.5 Å². The van der Waals surface area contributed by atoms with E-state index in [1.807, 2.05) is 48.0 Å². The fourth-order valence-corrected chi connectivity index (χ4v) is 5.66. The third-order valence-corrected chi connectivity index (χ3v) is 7.52. The summed E-state index contributed by atoms with van der Waals surface area (Å²) in [5, 5.41) is 13.9. The third-order valence-electron chi connectivity index (χ3n) is 7.52. The van der Waals surface area contributed by atoms with Crippen LogP contribution in [-0.4, -0.2) is 25.2 Å². The van der Waals surface area contributed by atoms with Gasteiger partial charge in [0, 0.05) is 11.1 Å². The van der Waals surface area contributed by atoms with Crippen LogP contribution in [-0.2, 0) is 13.1 Å². The number of hydrogen-bond donors (Lipinski definition) is 2. The van der Waals surface area contributed by atoms with E-state index in [0.29, 0.717) is 24.5 Å². The minimum absolute atomic E-state index is 0.176. The second-order valence-corrected chi connectivity index (χ2v) is 10.2. The zero-order chi connectivity index (χ0) is 26.1. The van der Waals surface area contributed by atoms with Crippen molar-refractivity contribution in [3.05, 3.63) is 111 Å². The van der Waals surface area contributed by atoms with Crippen molar-refractivity contribution >= 4 is 10.9 Å². The first-order valence-corrected chi connectivity index (χ1v) is 13.1. The summed E-state index contributed by atoms with van der Waals surface area (Å²) in [7, 11) is 0. The molecule has 194 valence electrons. The number of nitrogens with one attached hydrogen (secondary N) is 2. The van der Waals surface area contributed by atoms with Gasteiger partial charge in [-0.3, -0.25) is 4.79 Å². The van der Waals surface area contributed by atoms with E-state index in [-0.39, 0.29) is 17.4 Å². The van der Waals surface area contributed by atoms with Gasteiger partial charge in [0.2, 0.25) is 5.82 Å². The van der Waals surface area contributed by atoms with Gasteiger partial charge in [-0.1, -0.05) is 37.1 Å².